The zero-order valence-corrected chi connectivity index (χ0v) is 16.2. The molecule has 24 heavy (non-hydrogen) atoms. The minimum absolute atomic E-state index is 0. The molecule has 1 aromatic carbocycles. The molecule has 130 valence electrons. The van der Waals surface area contributed by atoms with Crippen LogP contribution in [0.25, 0.3) is 11.0 Å². The van der Waals surface area contributed by atoms with Gasteiger partial charge in [-0.25, -0.2) is 4.99 Å². The van der Waals surface area contributed by atoms with Crippen LogP contribution in [0.1, 0.15) is 31.9 Å². The van der Waals surface area contributed by atoms with Crippen LogP contribution in [0.4, 0.5) is 0 Å². The third-order valence-corrected chi connectivity index (χ3v) is 4.64. The maximum atomic E-state index is 5.90. The number of benzene rings is 1. The van der Waals surface area contributed by atoms with Crippen LogP contribution in [-0.4, -0.2) is 30.8 Å². The number of guanidine groups is 1. The molecule has 2 fully saturated rings. The summed E-state index contributed by atoms with van der Waals surface area (Å²) in [5.74, 6) is 1.72. The van der Waals surface area contributed by atoms with Gasteiger partial charge in [0.2, 0.25) is 0 Å². The SMILES string of the molecule is CCNC(=NCc1cc2ccccc2o1)NC1CC2CCC1O2.I. The van der Waals surface area contributed by atoms with Crippen molar-refractivity contribution in [2.45, 2.75) is 51.0 Å². The Bertz CT molecular complexity index is 682. The van der Waals surface area contributed by atoms with Gasteiger partial charge >= 0.3 is 0 Å². The van der Waals surface area contributed by atoms with Crippen molar-refractivity contribution >= 4 is 40.9 Å². The van der Waals surface area contributed by atoms with Gasteiger partial charge in [-0.1, -0.05) is 18.2 Å². The molecule has 3 heterocycles. The summed E-state index contributed by atoms with van der Waals surface area (Å²) in [6.07, 6.45) is 4.23. The molecule has 2 bridgehead atoms. The number of rotatable bonds is 4. The maximum absolute atomic E-state index is 5.90. The van der Waals surface area contributed by atoms with Crippen molar-refractivity contribution in [3.8, 4) is 0 Å². The van der Waals surface area contributed by atoms with Crippen LogP contribution in [0.3, 0.4) is 0 Å². The fourth-order valence-electron chi connectivity index (χ4n) is 3.56. The molecular weight excluding hydrogens is 417 g/mol. The zero-order chi connectivity index (χ0) is 15.6. The quantitative estimate of drug-likeness (QED) is 0.434. The Morgan fingerprint density at radius 3 is 2.88 bits per heavy atom. The molecule has 5 nitrogen and oxygen atoms in total. The third-order valence-electron chi connectivity index (χ3n) is 4.64. The number of nitrogens with zero attached hydrogens (tertiary/aromatic N) is 1. The third kappa shape index (κ3) is 3.69. The van der Waals surface area contributed by atoms with Gasteiger partial charge in [-0.3, -0.25) is 0 Å². The average molecular weight is 441 g/mol. The minimum atomic E-state index is 0. The van der Waals surface area contributed by atoms with E-state index in [0.717, 1.165) is 42.1 Å². The van der Waals surface area contributed by atoms with Crippen LogP contribution < -0.4 is 10.6 Å². The lowest BCUT2D eigenvalue weighted by Gasteiger charge is -2.22. The lowest BCUT2D eigenvalue weighted by atomic mass is 9.96. The van der Waals surface area contributed by atoms with Crippen molar-refractivity contribution in [3.63, 3.8) is 0 Å². The van der Waals surface area contributed by atoms with Crippen molar-refractivity contribution in [1.82, 2.24) is 10.6 Å². The van der Waals surface area contributed by atoms with Gasteiger partial charge in [-0.2, -0.15) is 0 Å². The standard InChI is InChI=1S/C18H23N3O2.HI/c1-2-19-18(21-15-10-13-7-8-17(15)22-13)20-11-14-9-12-5-3-4-6-16(12)23-14;/h3-6,9,13,15,17H,2,7-8,10-11H2,1H3,(H2,19,20,21);1H. The lowest BCUT2D eigenvalue weighted by Crippen LogP contribution is -2.47. The number of hydrogen-bond donors (Lipinski definition) is 2. The summed E-state index contributed by atoms with van der Waals surface area (Å²) in [6.45, 7) is 3.45. The summed E-state index contributed by atoms with van der Waals surface area (Å²) in [7, 11) is 0. The Morgan fingerprint density at radius 2 is 2.17 bits per heavy atom. The molecule has 0 radical (unpaired) electrons. The highest BCUT2D eigenvalue weighted by molar-refractivity contribution is 14.0. The average Bonchev–Trinajstić information content (AvgIpc) is 3.27. The number of hydrogen-bond acceptors (Lipinski definition) is 3. The fraction of sp³-hybridized carbons (Fsp3) is 0.500. The second-order valence-electron chi connectivity index (χ2n) is 6.31. The molecule has 2 aliphatic rings. The van der Waals surface area contributed by atoms with E-state index < -0.39 is 0 Å². The molecule has 2 N–H and O–H groups in total. The zero-order valence-electron chi connectivity index (χ0n) is 13.8. The van der Waals surface area contributed by atoms with Crippen LogP contribution in [0.2, 0.25) is 0 Å². The molecule has 0 saturated carbocycles. The topological polar surface area (TPSA) is 58.8 Å². The summed E-state index contributed by atoms with van der Waals surface area (Å²) >= 11 is 0. The second kappa shape index (κ2) is 7.74. The van der Waals surface area contributed by atoms with Gasteiger partial charge < -0.3 is 19.8 Å². The van der Waals surface area contributed by atoms with Crippen molar-refractivity contribution in [2.24, 2.45) is 4.99 Å². The first-order valence-corrected chi connectivity index (χ1v) is 8.49. The highest BCUT2D eigenvalue weighted by atomic mass is 127. The Kier molecular flexibility index (Phi) is 5.65. The van der Waals surface area contributed by atoms with Gasteiger partial charge in [0.05, 0.1) is 18.2 Å². The summed E-state index contributed by atoms with van der Waals surface area (Å²) in [5, 5.41) is 7.96. The normalized spacial score (nSPS) is 25.7. The van der Waals surface area contributed by atoms with Crippen molar-refractivity contribution in [3.05, 3.63) is 36.1 Å². The van der Waals surface area contributed by atoms with E-state index in [1.165, 1.54) is 6.42 Å². The Hall–Kier alpha value is -1.28. The molecule has 0 spiro atoms. The molecule has 2 aromatic rings. The van der Waals surface area contributed by atoms with Crippen LogP contribution in [0.15, 0.2) is 39.7 Å². The summed E-state index contributed by atoms with van der Waals surface area (Å²) < 4.78 is 11.7. The Balaban J connectivity index is 0.00000169. The smallest absolute Gasteiger partial charge is 0.192 e. The predicted molar refractivity (Wildman–Crippen MR) is 106 cm³/mol. The van der Waals surface area contributed by atoms with Gasteiger partial charge in [0, 0.05) is 11.9 Å². The monoisotopic (exact) mass is 441 g/mol. The van der Waals surface area contributed by atoms with Gasteiger partial charge in [-0.05, 0) is 38.3 Å². The number of nitrogens with one attached hydrogen (secondary N) is 2. The highest BCUT2D eigenvalue weighted by Gasteiger charge is 2.41. The Labute approximate surface area is 159 Å². The molecule has 3 atom stereocenters. The Morgan fingerprint density at radius 1 is 1.29 bits per heavy atom. The second-order valence-corrected chi connectivity index (χ2v) is 6.31. The van der Waals surface area contributed by atoms with E-state index >= 15 is 0 Å². The first kappa shape index (κ1) is 17.5. The molecular formula is C18H24IN3O2. The van der Waals surface area contributed by atoms with Gasteiger partial charge in [0.25, 0.3) is 0 Å². The van der Waals surface area contributed by atoms with Gasteiger partial charge in [0.15, 0.2) is 5.96 Å². The van der Waals surface area contributed by atoms with Crippen LogP contribution >= 0.6 is 24.0 Å². The molecule has 0 amide bonds. The summed E-state index contributed by atoms with van der Waals surface area (Å²) in [4.78, 5) is 4.67. The number of aliphatic imine (C=N–C) groups is 1. The molecule has 6 heteroatoms. The van der Waals surface area contributed by atoms with E-state index in [1.807, 2.05) is 18.2 Å². The summed E-state index contributed by atoms with van der Waals surface area (Å²) in [6, 6.07) is 10.5. The lowest BCUT2D eigenvalue weighted by molar-refractivity contribution is 0.0992. The van der Waals surface area contributed by atoms with E-state index in [4.69, 9.17) is 9.15 Å². The maximum Gasteiger partial charge on any atom is 0.192 e. The van der Waals surface area contributed by atoms with E-state index in [0.29, 0.717) is 24.8 Å². The molecule has 4 rings (SSSR count). The highest BCUT2D eigenvalue weighted by Crippen LogP contribution is 2.34. The molecule has 1 aromatic heterocycles. The fourth-order valence-corrected chi connectivity index (χ4v) is 3.56. The first-order valence-electron chi connectivity index (χ1n) is 8.49. The summed E-state index contributed by atoms with van der Waals surface area (Å²) in [5.41, 5.74) is 0.914. The number of furan rings is 1. The molecule has 2 saturated heterocycles. The number of para-hydroxylation sites is 1. The van der Waals surface area contributed by atoms with Crippen molar-refractivity contribution in [2.75, 3.05) is 6.54 Å². The molecule has 0 aliphatic carbocycles. The van der Waals surface area contributed by atoms with Crippen LogP contribution in [0.5, 0.6) is 0 Å². The van der Waals surface area contributed by atoms with E-state index in [-0.39, 0.29) is 24.0 Å². The molecule has 2 aliphatic heterocycles. The van der Waals surface area contributed by atoms with Gasteiger partial charge in [-0.15, -0.1) is 24.0 Å². The number of halogens is 1. The van der Waals surface area contributed by atoms with Crippen LogP contribution in [-0.2, 0) is 11.3 Å². The number of fused-ring (bicyclic) bond motifs is 3. The van der Waals surface area contributed by atoms with E-state index in [2.05, 4.69) is 34.7 Å². The largest absolute Gasteiger partial charge is 0.459 e. The predicted octanol–water partition coefficient (Wildman–Crippen LogP) is 3.43. The van der Waals surface area contributed by atoms with E-state index in [1.54, 1.807) is 0 Å². The van der Waals surface area contributed by atoms with Crippen molar-refractivity contribution < 1.29 is 9.15 Å². The van der Waals surface area contributed by atoms with Gasteiger partial charge in [0.1, 0.15) is 17.9 Å². The minimum Gasteiger partial charge on any atom is -0.459 e. The van der Waals surface area contributed by atoms with E-state index in [9.17, 15) is 0 Å². The molecule has 3 unspecified atom stereocenters. The first-order chi connectivity index (χ1) is 11.3. The number of ether oxygens (including phenoxy) is 1. The van der Waals surface area contributed by atoms with Crippen LogP contribution in [0, 0.1) is 0 Å². The van der Waals surface area contributed by atoms with Crippen molar-refractivity contribution in [1.29, 1.82) is 0 Å².